The Bertz CT molecular complexity index is 3310. The van der Waals surface area contributed by atoms with Crippen LogP contribution in [0.15, 0.2) is 200 Å². The molecule has 0 atom stereocenters. The van der Waals surface area contributed by atoms with Crippen molar-refractivity contribution in [3.63, 3.8) is 0 Å². The topological polar surface area (TPSA) is 38.7 Å². The van der Waals surface area contributed by atoms with Crippen LogP contribution in [0, 0.1) is 0 Å². The van der Waals surface area contributed by atoms with Gasteiger partial charge in [0, 0.05) is 22.1 Å². The van der Waals surface area contributed by atoms with Crippen LogP contribution in [0.25, 0.3) is 78.0 Å². The van der Waals surface area contributed by atoms with E-state index in [4.69, 9.17) is 15.0 Å². The fourth-order valence-electron chi connectivity index (χ4n) is 10.3. The fraction of sp³-hybridized carbons (Fsp3) is 0.102. The Morgan fingerprint density at radius 1 is 0.339 bits per heavy atom. The summed E-state index contributed by atoms with van der Waals surface area (Å²) in [7, 11) is 0. The van der Waals surface area contributed by atoms with E-state index in [0.29, 0.717) is 17.5 Å². The van der Waals surface area contributed by atoms with Gasteiger partial charge in [0.1, 0.15) is 0 Å². The van der Waals surface area contributed by atoms with Gasteiger partial charge in [-0.05, 0) is 95.4 Å². The molecule has 62 heavy (non-hydrogen) atoms. The van der Waals surface area contributed by atoms with E-state index in [2.05, 4.69) is 214 Å². The average molecular weight is 796 g/mol. The maximum absolute atomic E-state index is 5.38. The molecule has 1 aromatic heterocycles. The van der Waals surface area contributed by atoms with Gasteiger partial charge in [0.2, 0.25) is 0 Å². The molecule has 3 nitrogen and oxygen atoms in total. The molecule has 12 rings (SSSR count). The molecule has 10 aromatic rings. The summed E-state index contributed by atoms with van der Waals surface area (Å²) in [6.45, 7) is 8.67. The molecule has 0 unspecified atom stereocenters. The van der Waals surface area contributed by atoms with Crippen LogP contribution in [0.2, 0.25) is 0 Å². The zero-order chi connectivity index (χ0) is 42.0. The first-order chi connectivity index (χ1) is 30.5. The maximum Gasteiger partial charge on any atom is 0.164 e. The number of nitrogens with zero attached hydrogens (tertiary/aromatic N) is 3. The van der Waals surface area contributed by atoms with Crippen molar-refractivity contribution >= 4 is 21.5 Å². The third-order valence-corrected chi connectivity index (χ3v) is 13.2. The van der Waals surface area contributed by atoms with Crippen LogP contribution < -0.4 is 0 Å². The van der Waals surface area contributed by atoms with Crippen LogP contribution in [-0.4, -0.2) is 15.0 Å². The van der Waals surface area contributed by atoms with Crippen LogP contribution in [0.1, 0.15) is 61.1 Å². The first kappa shape index (κ1) is 37.5. The zero-order valence-electron chi connectivity index (χ0n) is 35.4. The maximum atomic E-state index is 5.38. The van der Waals surface area contributed by atoms with Gasteiger partial charge in [0.25, 0.3) is 0 Å². The second-order valence-electron chi connectivity index (χ2n) is 16.8. The molecule has 0 saturated heterocycles. The highest BCUT2D eigenvalue weighted by Gasteiger charge is 2.46. The number of fused-ring (bicyclic) bond motifs is 9. The lowest BCUT2D eigenvalue weighted by atomic mass is 9.67. The number of hydrogen-bond acceptors (Lipinski definition) is 3. The van der Waals surface area contributed by atoms with Gasteiger partial charge >= 0.3 is 0 Å². The van der Waals surface area contributed by atoms with E-state index >= 15 is 0 Å². The zero-order valence-corrected chi connectivity index (χ0v) is 35.4. The van der Waals surface area contributed by atoms with Crippen LogP contribution in [-0.2, 0) is 10.8 Å². The number of benzene rings is 9. The highest BCUT2D eigenvalue weighted by atomic mass is 15.0. The third-order valence-electron chi connectivity index (χ3n) is 13.2. The van der Waals surface area contributed by atoms with Crippen LogP contribution in [0.4, 0.5) is 0 Å². The number of hydrogen-bond donors (Lipinski definition) is 0. The summed E-state index contributed by atoms with van der Waals surface area (Å²) in [5.74, 6) is 1.95. The van der Waals surface area contributed by atoms with Crippen LogP contribution in [0.5, 0.6) is 0 Å². The lowest BCUT2D eigenvalue weighted by Gasteiger charge is -2.34. The predicted octanol–water partition coefficient (Wildman–Crippen LogP) is 14.9. The van der Waals surface area contributed by atoms with Gasteiger partial charge in [-0.15, -0.1) is 0 Å². The van der Waals surface area contributed by atoms with Crippen molar-refractivity contribution in [2.24, 2.45) is 0 Å². The summed E-state index contributed by atoms with van der Waals surface area (Å²) in [5, 5.41) is 4.87. The molecule has 9 aromatic carbocycles. The standard InChI is InChI=1S/C57H39N3.C2H6/c1-56(2)49-32-29-37-16-11-12-22-44(37)52(49)47-31-28-40(34-50(47)56)54-58-53(39-26-25-36-15-9-10-17-38(36)33-39)59-55(60-54)41-27-30-46-45-23-13-14-24-48(45)57(51(46)35-41,42-18-5-3-6-19-42)43-20-7-4-8-21-43;1-2/h3-35H,1-2H3;1-2H3. The van der Waals surface area contributed by atoms with E-state index in [-0.39, 0.29) is 5.41 Å². The van der Waals surface area contributed by atoms with Crippen LogP contribution >= 0.6 is 0 Å². The van der Waals surface area contributed by atoms with E-state index in [0.717, 1.165) is 22.1 Å². The quantitative estimate of drug-likeness (QED) is 0.174. The number of aromatic nitrogens is 3. The van der Waals surface area contributed by atoms with Crippen molar-refractivity contribution in [2.45, 2.75) is 38.5 Å². The predicted molar refractivity (Wildman–Crippen MR) is 257 cm³/mol. The molecule has 1 heterocycles. The largest absolute Gasteiger partial charge is 0.208 e. The van der Waals surface area contributed by atoms with Gasteiger partial charge in [-0.25, -0.2) is 15.0 Å². The molecule has 0 amide bonds. The molecule has 0 bridgehead atoms. The Labute approximate surface area is 363 Å². The molecule has 0 aliphatic heterocycles. The van der Waals surface area contributed by atoms with Crippen molar-refractivity contribution in [3.8, 4) is 56.4 Å². The molecule has 3 heteroatoms. The number of rotatable bonds is 5. The van der Waals surface area contributed by atoms with Gasteiger partial charge in [-0.2, -0.15) is 0 Å². The summed E-state index contributed by atoms with van der Waals surface area (Å²) in [6, 6.07) is 72.6. The van der Waals surface area contributed by atoms with Crippen molar-refractivity contribution in [1.29, 1.82) is 0 Å². The minimum atomic E-state index is -0.535. The molecule has 0 fully saturated rings. The second-order valence-corrected chi connectivity index (χ2v) is 16.8. The van der Waals surface area contributed by atoms with Gasteiger partial charge in [0.05, 0.1) is 5.41 Å². The van der Waals surface area contributed by atoms with E-state index in [1.54, 1.807) is 0 Å². The Kier molecular flexibility index (Phi) is 8.83. The molecule has 0 saturated carbocycles. The SMILES string of the molecule is CC.CC1(C)c2cc(-c3nc(-c4ccc5c(c4)C(c4ccccc4)(c4ccccc4)c4ccccc4-5)nc(-c4ccc5ccccc5c4)n3)ccc2-c2c1ccc1ccccc21. The van der Waals surface area contributed by atoms with E-state index in [9.17, 15) is 0 Å². The fourth-order valence-corrected chi connectivity index (χ4v) is 10.3. The molecule has 296 valence electrons. The first-order valence-corrected chi connectivity index (χ1v) is 21.8. The van der Waals surface area contributed by atoms with Crippen molar-refractivity contribution in [3.05, 3.63) is 234 Å². The molecular weight excluding hydrogens is 751 g/mol. The van der Waals surface area contributed by atoms with Crippen molar-refractivity contribution in [2.75, 3.05) is 0 Å². The normalized spacial score (nSPS) is 13.7. The lowest BCUT2D eigenvalue weighted by molar-refractivity contribution is 0.661. The van der Waals surface area contributed by atoms with Gasteiger partial charge in [-0.1, -0.05) is 210 Å². The molecule has 0 spiro atoms. The Morgan fingerprint density at radius 3 is 1.50 bits per heavy atom. The van der Waals surface area contributed by atoms with Gasteiger partial charge in [-0.3, -0.25) is 0 Å². The Balaban J connectivity index is 0.00000213. The third kappa shape index (κ3) is 5.62. The monoisotopic (exact) mass is 795 g/mol. The van der Waals surface area contributed by atoms with Gasteiger partial charge < -0.3 is 0 Å². The highest BCUT2D eigenvalue weighted by molar-refractivity contribution is 6.03. The Hall–Kier alpha value is -7.49. The summed E-state index contributed by atoms with van der Waals surface area (Å²) in [4.78, 5) is 16.0. The van der Waals surface area contributed by atoms with E-state index in [1.807, 2.05) is 13.8 Å². The van der Waals surface area contributed by atoms with E-state index < -0.39 is 5.41 Å². The lowest BCUT2D eigenvalue weighted by Crippen LogP contribution is -2.28. The smallest absolute Gasteiger partial charge is 0.164 e. The molecule has 2 aliphatic rings. The summed E-state index contributed by atoms with van der Waals surface area (Å²) in [5.41, 5.74) is 14.8. The first-order valence-electron chi connectivity index (χ1n) is 21.8. The van der Waals surface area contributed by atoms with Crippen molar-refractivity contribution in [1.82, 2.24) is 15.0 Å². The molecule has 0 radical (unpaired) electrons. The summed E-state index contributed by atoms with van der Waals surface area (Å²) >= 11 is 0. The summed E-state index contributed by atoms with van der Waals surface area (Å²) < 4.78 is 0. The van der Waals surface area contributed by atoms with Crippen LogP contribution in [0.3, 0.4) is 0 Å². The minimum absolute atomic E-state index is 0.199. The molecule has 0 N–H and O–H groups in total. The minimum Gasteiger partial charge on any atom is -0.208 e. The second kappa shape index (κ2) is 14.6. The highest BCUT2D eigenvalue weighted by Crippen LogP contribution is 2.57. The molecular formula is C59H45N3. The average Bonchev–Trinajstić information content (AvgIpc) is 3.77. The Morgan fingerprint density at radius 2 is 0.823 bits per heavy atom. The van der Waals surface area contributed by atoms with Gasteiger partial charge in [0.15, 0.2) is 17.5 Å². The van der Waals surface area contributed by atoms with E-state index in [1.165, 1.54) is 71.8 Å². The summed E-state index contributed by atoms with van der Waals surface area (Å²) in [6.07, 6.45) is 0. The molecule has 2 aliphatic carbocycles. The van der Waals surface area contributed by atoms with Crippen molar-refractivity contribution < 1.29 is 0 Å².